The summed E-state index contributed by atoms with van der Waals surface area (Å²) in [6, 6.07) is 0.0445. The number of hydrogen-bond acceptors (Lipinski definition) is 1. The first-order valence-corrected chi connectivity index (χ1v) is 3.72. The molecule has 60 valence electrons. The summed E-state index contributed by atoms with van der Waals surface area (Å²) in [5.74, 6) is 0. The minimum atomic E-state index is -2.01. The van der Waals surface area contributed by atoms with E-state index in [1.807, 2.05) is 20.8 Å². The first-order chi connectivity index (χ1) is 5.81. The number of allylic oxidation sites excluding steroid dienone is 2. The lowest BCUT2D eigenvalue weighted by atomic mass is 10.1. The third-order valence-electron chi connectivity index (χ3n) is 1.40. The van der Waals surface area contributed by atoms with Crippen LogP contribution in [-0.4, -0.2) is 13.0 Å². The van der Waals surface area contributed by atoms with Crippen molar-refractivity contribution in [2.75, 3.05) is 6.98 Å². The van der Waals surface area contributed by atoms with E-state index >= 15 is 0 Å². The largest absolute Gasteiger partial charge is 0.317 e. The van der Waals surface area contributed by atoms with Gasteiger partial charge in [-0.15, -0.1) is 0 Å². The second kappa shape index (κ2) is 5.48. The van der Waals surface area contributed by atoms with Crippen LogP contribution in [0.2, 0.25) is 0 Å². The molecule has 0 heterocycles. The summed E-state index contributed by atoms with van der Waals surface area (Å²) in [5, 5.41) is 2.56. The fraction of sp³-hybridized carbons (Fsp3) is 0.778. The van der Waals surface area contributed by atoms with Crippen LogP contribution in [-0.2, 0) is 0 Å². The summed E-state index contributed by atoms with van der Waals surface area (Å²) in [6.45, 7) is 3.97. The molecule has 0 rings (SSSR count). The zero-order chi connectivity index (χ0) is 10.5. The molecule has 10 heavy (non-hydrogen) atoms. The molecule has 1 heteroatoms. The number of hydrogen-bond donors (Lipinski definition) is 1. The van der Waals surface area contributed by atoms with Gasteiger partial charge in [0.25, 0.3) is 0 Å². The van der Waals surface area contributed by atoms with Crippen molar-refractivity contribution in [2.45, 2.75) is 39.7 Å². The topological polar surface area (TPSA) is 12.0 Å². The molecule has 0 radical (unpaired) electrons. The van der Waals surface area contributed by atoms with Gasteiger partial charge in [-0.2, -0.15) is 0 Å². The van der Waals surface area contributed by atoms with E-state index in [9.17, 15) is 0 Å². The summed E-state index contributed by atoms with van der Waals surface area (Å²) < 4.78 is 21.0. The van der Waals surface area contributed by atoms with E-state index in [4.69, 9.17) is 4.11 Å². The van der Waals surface area contributed by atoms with Crippen LogP contribution in [0.1, 0.15) is 37.7 Å². The molecule has 0 spiro atoms. The van der Waals surface area contributed by atoms with Crippen molar-refractivity contribution in [1.29, 1.82) is 0 Å². The normalized spacial score (nSPS) is 18.5. The highest BCUT2D eigenvalue weighted by Crippen LogP contribution is 1.99. The molecule has 1 nitrogen and oxygen atoms in total. The highest BCUT2D eigenvalue weighted by atomic mass is 15.0. The van der Waals surface area contributed by atoms with E-state index in [-0.39, 0.29) is 6.04 Å². The maximum absolute atomic E-state index is 6.99. The minimum Gasteiger partial charge on any atom is -0.317 e. The van der Waals surface area contributed by atoms with Crippen molar-refractivity contribution >= 4 is 0 Å². The Kier molecular flexibility index (Phi) is 2.94. The standard InChI is InChI=1S/C9H19N/c1-8(2)6-5-7-9(3)10-4/h6,9-10H,5,7H2,1-4H3/t9-/m0/s1/i4+1D3. The Balaban J connectivity index is 3.64. The van der Waals surface area contributed by atoms with Gasteiger partial charge >= 0.3 is 0 Å². The Morgan fingerprint density at radius 2 is 2.40 bits per heavy atom. The highest BCUT2D eigenvalue weighted by Gasteiger charge is 1.93. The molecule has 0 aromatic heterocycles. The van der Waals surface area contributed by atoms with Gasteiger partial charge in [0.15, 0.2) is 0 Å². The van der Waals surface area contributed by atoms with Crippen LogP contribution in [0.4, 0.5) is 0 Å². The molecule has 1 N–H and O–H groups in total. The second-order valence-electron chi connectivity index (χ2n) is 2.90. The average molecular weight is 145 g/mol. The van der Waals surface area contributed by atoms with Crippen LogP contribution in [0.3, 0.4) is 0 Å². The van der Waals surface area contributed by atoms with Crippen LogP contribution in [0.25, 0.3) is 0 Å². The molecule has 0 unspecified atom stereocenters. The van der Waals surface area contributed by atoms with Gasteiger partial charge in [0, 0.05) is 10.2 Å². The second-order valence-corrected chi connectivity index (χ2v) is 2.90. The highest BCUT2D eigenvalue weighted by molar-refractivity contribution is 4.92. The molecule has 0 aromatic rings. The lowest BCUT2D eigenvalue weighted by Gasteiger charge is -2.06. The Bertz CT molecular complexity index is 168. The lowest BCUT2D eigenvalue weighted by molar-refractivity contribution is 0.570. The Morgan fingerprint density at radius 3 is 2.90 bits per heavy atom. The third kappa shape index (κ3) is 5.83. The minimum absolute atomic E-state index is 0.0445. The Labute approximate surface area is 68.7 Å². The molecule has 0 aliphatic rings. The monoisotopic (exact) mass is 145 g/mol. The van der Waals surface area contributed by atoms with E-state index in [0.29, 0.717) is 0 Å². The number of rotatable bonds is 4. The van der Waals surface area contributed by atoms with Gasteiger partial charge in [0.1, 0.15) is 0 Å². The first-order valence-electron chi connectivity index (χ1n) is 5.22. The maximum atomic E-state index is 6.99. The van der Waals surface area contributed by atoms with Crippen LogP contribution in [0.5, 0.6) is 0 Å². The van der Waals surface area contributed by atoms with Crippen LogP contribution < -0.4 is 5.32 Å². The zero-order valence-corrected chi connectivity index (χ0v) is 7.07. The Morgan fingerprint density at radius 1 is 1.70 bits per heavy atom. The van der Waals surface area contributed by atoms with Crippen molar-refractivity contribution in [2.24, 2.45) is 0 Å². The van der Waals surface area contributed by atoms with Crippen LogP contribution in [0, 0.1) is 0 Å². The molecule has 0 amide bonds. The van der Waals surface area contributed by atoms with E-state index in [1.54, 1.807) is 0 Å². The van der Waals surface area contributed by atoms with Crippen molar-refractivity contribution in [3.05, 3.63) is 11.6 Å². The maximum Gasteiger partial charge on any atom is 0.0391 e. The van der Waals surface area contributed by atoms with E-state index in [1.165, 1.54) is 5.57 Å². The molecular weight excluding hydrogens is 123 g/mol. The van der Waals surface area contributed by atoms with Crippen molar-refractivity contribution in [3.63, 3.8) is 0 Å². The molecule has 0 saturated heterocycles. The van der Waals surface area contributed by atoms with E-state index in [0.717, 1.165) is 12.8 Å². The smallest absolute Gasteiger partial charge is 0.0391 e. The van der Waals surface area contributed by atoms with E-state index < -0.39 is 6.98 Å². The van der Waals surface area contributed by atoms with Crippen LogP contribution in [0.15, 0.2) is 11.6 Å². The molecule has 0 fully saturated rings. The quantitative estimate of drug-likeness (QED) is 0.473. The SMILES string of the molecule is [2H][13C]([2H])([2H])N[C@@H](C)CCC=C(C)C. The first kappa shape index (κ1) is 5.36. The summed E-state index contributed by atoms with van der Waals surface area (Å²) in [4.78, 5) is 0. The van der Waals surface area contributed by atoms with Gasteiger partial charge in [-0.25, -0.2) is 0 Å². The molecule has 0 aliphatic heterocycles. The molecule has 0 bridgehead atoms. The van der Waals surface area contributed by atoms with Crippen molar-refractivity contribution in [3.8, 4) is 0 Å². The van der Waals surface area contributed by atoms with Crippen molar-refractivity contribution < 1.29 is 4.11 Å². The van der Waals surface area contributed by atoms with Gasteiger partial charge in [0.05, 0.1) is 0 Å². The van der Waals surface area contributed by atoms with Crippen molar-refractivity contribution in [1.82, 2.24) is 5.32 Å². The third-order valence-corrected chi connectivity index (χ3v) is 1.40. The molecule has 1 atom stereocenters. The summed E-state index contributed by atoms with van der Waals surface area (Å²) >= 11 is 0. The molecule has 0 saturated carbocycles. The molecule has 0 aromatic carbocycles. The average Bonchev–Trinajstić information content (AvgIpc) is 1.81. The van der Waals surface area contributed by atoms with Crippen LogP contribution >= 0.6 is 0 Å². The summed E-state index contributed by atoms with van der Waals surface area (Å²) in [5.41, 5.74) is 1.28. The summed E-state index contributed by atoms with van der Waals surface area (Å²) in [6.07, 6.45) is 3.92. The van der Waals surface area contributed by atoms with Gasteiger partial charge in [-0.3, -0.25) is 0 Å². The zero-order valence-electron chi connectivity index (χ0n) is 10.1. The lowest BCUT2D eigenvalue weighted by Crippen LogP contribution is -2.20. The summed E-state index contributed by atoms with van der Waals surface area (Å²) in [7, 11) is 0. The van der Waals surface area contributed by atoms with Gasteiger partial charge < -0.3 is 5.32 Å². The molecular formula is C9H19N. The predicted octanol–water partition coefficient (Wildman–Crippen LogP) is 2.34. The predicted molar refractivity (Wildman–Crippen MR) is 47.2 cm³/mol. The fourth-order valence-corrected chi connectivity index (χ4v) is 0.694. The Hall–Kier alpha value is -0.300. The van der Waals surface area contributed by atoms with E-state index in [2.05, 4.69) is 11.4 Å². The van der Waals surface area contributed by atoms with Gasteiger partial charge in [-0.05, 0) is 40.6 Å². The van der Waals surface area contributed by atoms with Gasteiger partial charge in [0.2, 0.25) is 0 Å². The molecule has 0 aliphatic carbocycles. The van der Waals surface area contributed by atoms with Gasteiger partial charge in [-0.1, -0.05) is 11.6 Å². The fourth-order valence-electron chi connectivity index (χ4n) is 0.694. The number of nitrogens with one attached hydrogen (secondary N) is 1.